The minimum Gasteiger partial charge on any atom is -0.508 e. The first-order chi connectivity index (χ1) is 33.8. The SMILES string of the molecule is CC(C)[C@H](NC(=O)[C@H](CCC(=O)O)NC(=O)[C@H](CC(=O)O)NC(=O)[C@@H]1CCCN1C(=O)[C@@H]1CCCN1C(=O)[C@@H](N)[C@@H](C)O)C(=O)N[C@H](C(=O)N1CCC[C@H]1C(=O)N[C@@H](Cc1ccc(O)cc1)C(=O)O)C(C)C. The van der Waals surface area contributed by atoms with Crippen molar-refractivity contribution in [3.8, 4) is 5.75 Å². The number of nitrogens with zero attached hydrogens (tertiary/aromatic N) is 3. The molecule has 1 aromatic rings. The highest BCUT2D eigenvalue weighted by atomic mass is 16.4. The summed E-state index contributed by atoms with van der Waals surface area (Å²) >= 11 is 0. The van der Waals surface area contributed by atoms with E-state index in [0.717, 1.165) is 0 Å². The molecule has 3 fully saturated rings. The van der Waals surface area contributed by atoms with E-state index in [1.807, 2.05) is 0 Å². The van der Waals surface area contributed by atoms with E-state index in [-0.39, 0.29) is 51.1 Å². The van der Waals surface area contributed by atoms with E-state index in [1.54, 1.807) is 27.7 Å². The number of carbonyl (C=O) groups is 11. The second-order valence-electron chi connectivity index (χ2n) is 19.2. The van der Waals surface area contributed by atoms with Gasteiger partial charge in [-0.25, -0.2) is 4.79 Å². The molecule has 0 aromatic heterocycles. The summed E-state index contributed by atoms with van der Waals surface area (Å²) in [6.45, 7) is 8.08. The number of amides is 8. The van der Waals surface area contributed by atoms with Crippen molar-refractivity contribution in [2.45, 2.75) is 159 Å². The second-order valence-corrected chi connectivity index (χ2v) is 19.2. The van der Waals surface area contributed by atoms with Crippen LogP contribution in [0.1, 0.15) is 98.0 Å². The fourth-order valence-corrected chi connectivity index (χ4v) is 9.00. The maximum atomic E-state index is 14.1. The zero-order valence-electron chi connectivity index (χ0n) is 41.1. The first-order valence-corrected chi connectivity index (χ1v) is 24.1. The van der Waals surface area contributed by atoms with Gasteiger partial charge in [0.1, 0.15) is 60.1 Å². The highest BCUT2D eigenvalue weighted by molar-refractivity contribution is 5.99. The van der Waals surface area contributed by atoms with Crippen LogP contribution in [0.5, 0.6) is 5.75 Å². The van der Waals surface area contributed by atoms with Crippen molar-refractivity contribution < 1.29 is 78.3 Å². The number of benzene rings is 1. The molecule has 0 radical (unpaired) electrons. The lowest BCUT2D eigenvalue weighted by Crippen LogP contribution is -2.61. The van der Waals surface area contributed by atoms with Gasteiger partial charge in [0, 0.05) is 32.5 Å². The Kier molecular flexibility index (Phi) is 20.8. The topological polar surface area (TPSA) is 385 Å². The number of nitrogens with two attached hydrogens (primary N) is 1. The van der Waals surface area contributed by atoms with E-state index in [9.17, 15) is 78.3 Å². The Morgan fingerprint density at radius 3 is 1.60 bits per heavy atom. The minimum absolute atomic E-state index is 0.0314. The number of carboxylic acids is 3. The van der Waals surface area contributed by atoms with Gasteiger partial charge in [-0.05, 0) is 81.4 Å². The first kappa shape index (κ1) is 57.7. The number of phenols is 1. The Bertz CT molecular complexity index is 2190. The Morgan fingerprint density at radius 2 is 1.08 bits per heavy atom. The number of aliphatic hydroxyl groups excluding tert-OH is 1. The molecule has 72 heavy (non-hydrogen) atoms. The molecule has 1 aromatic carbocycles. The van der Waals surface area contributed by atoms with Gasteiger partial charge in [0.25, 0.3) is 0 Å². The Morgan fingerprint density at radius 1 is 0.597 bits per heavy atom. The van der Waals surface area contributed by atoms with E-state index >= 15 is 0 Å². The largest absolute Gasteiger partial charge is 0.508 e. The monoisotopic (exact) mass is 1020 g/mol. The highest BCUT2D eigenvalue weighted by Gasteiger charge is 2.45. The van der Waals surface area contributed by atoms with Crippen LogP contribution in [-0.4, -0.2) is 186 Å². The molecule has 25 nitrogen and oxygen atoms in total. The van der Waals surface area contributed by atoms with Gasteiger partial charge in [-0.2, -0.15) is 0 Å². The second kappa shape index (κ2) is 26.0. The summed E-state index contributed by atoms with van der Waals surface area (Å²) in [4.78, 5) is 150. The van der Waals surface area contributed by atoms with Gasteiger partial charge in [0.15, 0.2) is 0 Å². The van der Waals surface area contributed by atoms with E-state index < -0.39 is 157 Å². The third kappa shape index (κ3) is 15.3. The number of phenolic OH excluding ortho intramolecular Hbond substituents is 1. The average Bonchev–Trinajstić information content (AvgIpc) is 4.12. The highest BCUT2D eigenvalue weighted by Crippen LogP contribution is 2.27. The summed E-state index contributed by atoms with van der Waals surface area (Å²) in [6, 6.07) is -6.43. The van der Waals surface area contributed by atoms with Crippen LogP contribution < -0.4 is 32.3 Å². The molecule has 0 spiro atoms. The van der Waals surface area contributed by atoms with Crippen LogP contribution in [0.3, 0.4) is 0 Å². The lowest BCUT2D eigenvalue weighted by Gasteiger charge is -2.33. The van der Waals surface area contributed by atoms with Gasteiger partial charge in [0.2, 0.25) is 47.3 Å². The number of aliphatic carboxylic acids is 3. The van der Waals surface area contributed by atoms with Crippen LogP contribution in [0.25, 0.3) is 0 Å². The van der Waals surface area contributed by atoms with Crippen LogP contribution in [0, 0.1) is 11.8 Å². The minimum atomic E-state index is -1.85. The average molecular weight is 1020 g/mol. The third-order valence-electron chi connectivity index (χ3n) is 13.1. The van der Waals surface area contributed by atoms with Crippen molar-refractivity contribution in [3.05, 3.63) is 29.8 Å². The number of hydrogen-bond acceptors (Lipinski definition) is 14. The van der Waals surface area contributed by atoms with Gasteiger partial charge < -0.3 is 72.5 Å². The smallest absolute Gasteiger partial charge is 0.326 e. The maximum Gasteiger partial charge on any atom is 0.326 e. The van der Waals surface area contributed by atoms with Crippen molar-refractivity contribution in [2.24, 2.45) is 17.6 Å². The molecule has 8 amide bonds. The quantitative estimate of drug-likeness (QED) is 0.0522. The molecular formula is C47H69N9O16. The van der Waals surface area contributed by atoms with Gasteiger partial charge in [0.05, 0.1) is 12.5 Å². The summed E-state index contributed by atoms with van der Waals surface area (Å²) < 4.78 is 0. The third-order valence-corrected chi connectivity index (χ3v) is 13.1. The molecule has 0 aliphatic carbocycles. The standard InChI is InChI=1S/C47H69N9O16/c1-23(2)37(43(67)53-38(24(3)4)46(70)55-19-7-10-32(55)42(66)51-30(47(71)72)21-26-12-14-27(58)15-13-26)52-39(63)28(16-17-34(59)60)49-40(64)29(22-35(61)62)50-41(65)31-9-6-18-54(31)44(68)33-11-8-20-56(33)45(69)36(48)25(5)57/h12-15,23-25,28-33,36-38,57-58H,6-11,16-22,48H2,1-5H3,(H,49,64)(H,50,65)(H,51,66)(H,52,63)(H,53,67)(H,59,60)(H,61,62)(H,71,72)/t25-,28+,29+,30+,31+,32+,33+,36+,37+,38+/m1/s1. The molecule has 4 rings (SSSR count). The van der Waals surface area contributed by atoms with Crippen molar-refractivity contribution in [1.82, 2.24) is 41.3 Å². The summed E-state index contributed by atoms with van der Waals surface area (Å²) in [6.07, 6.45) is -1.84. The zero-order valence-corrected chi connectivity index (χ0v) is 41.1. The number of aromatic hydroxyl groups is 1. The molecule has 10 atom stereocenters. The van der Waals surface area contributed by atoms with Gasteiger partial charge >= 0.3 is 17.9 Å². The molecule has 12 N–H and O–H groups in total. The van der Waals surface area contributed by atoms with Crippen molar-refractivity contribution >= 4 is 65.2 Å². The van der Waals surface area contributed by atoms with Crippen LogP contribution in [0.2, 0.25) is 0 Å². The number of nitrogens with one attached hydrogen (secondary N) is 5. The van der Waals surface area contributed by atoms with Crippen molar-refractivity contribution in [2.75, 3.05) is 19.6 Å². The normalized spacial score (nSPS) is 20.6. The molecule has 3 heterocycles. The lowest BCUT2D eigenvalue weighted by molar-refractivity contribution is -0.148. The fraction of sp³-hybridized carbons (Fsp3) is 0.638. The Hall–Kier alpha value is -6.89. The number of rotatable bonds is 24. The zero-order chi connectivity index (χ0) is 53.7. The summed E-state index contributed by atoms with van der Waals surface area (Å²) in [5, 5.41) is 61.0. The molecule has 25 heteroatoms. The summed E-state index contributed by atoms with van der Waals surface area (Å²) in [5.41, 5.74) is 6.38. The van der Waals surface area contributed by atoms with Crippen LogP contribution in [0.15, 0.2) is 24.3 Å². The Labute approximate surface area is 415 Å². The number of likely N-dealkylation sites (tertiary alicyclic amines) is 3. The van der Waals surface area contributed by atoms with Crippen molar-refractivity contribution in [3.63, 3.8) is 0 Å². The molecular weight excluding hydrogens is 947 g/mol. The predicted molar refractivity (Wildman–Crippen MR) is 252 cm³/mol. The van der Waals surface area contributed by atoms with Crippen LogP contribution in [-0.2, 0) is 59.2 Å². The molecule has 0 bridgehead atoms. The summed E-state index contributed by atoms with van der Waals surface area (Å²) in [7, 11) is 0. The van der Waals surface area contributed by atoms with E-state index in [1.165, 1.54) is 45.9 Å². The molecule has 3 saturated heterocycles. The van der Waals surface area contributed by atoms with Gasteiger partial charge in [-0.1, -0.05) is 39.8 Å². The number of hydrogen-bond donors (Lipinski definition) is 11. The lowest BCUT2D eigenvalue weighted by atomic mass is 9.98. The number of aliphatic hydroxyl groups is 1. The predicted octanol–water partition coefficient (Wildman–Crippen LogP) is -2.22. The van der Waals surface area contributed by atoms with E-state index in [0.29, 0.717) is 24.8 Å². The van der Waals surface area contributed by atoms with Crippen molar-refractivity contribution in [1.29, 1.82) is 0 Å². The molecule has 398 valence electrons. The Balaban J connectivity index is 1.46. The van der Waals surface area contributed by atoms with E-state index in [4.69, 9.17) is 5.73 Å². The maximum absolute atomic E-state index is 14.1. The van der Waals surface area contributed by atoms with Crippen LogP contribution >= 0.6 is 0 Å². The van der Waals surface area contributed by atoms with Crippen LogP contribution in [0.4, 0.5) is 0 Å². The first-order valence-electron chi connectivity index (χ1n) is 24.1. The molecule has 0 unspecified atom stereocenters. The van der Waals surface area contributed by atoms with Gasteiger partial charge in [-0.3, -0.25) is 47.9 Å². The summed E-state index contributed by atoms with van der Waals surface area (Å²) in [5.74, 6) is -12.2. The number of carboxylic acid groups (broad SMARTS) is 3. The molecule has 3 aliphatic rings. The number of carbonyl (C=O) groups excluding carboxylic acids is 8. The fourth-order valence-electron chi connectivity index (χ4n) is 9.00. The van der Waals surface area contributed by atoms with E-state index in [2.05, 4.69) is 26.6 Å². The molecule has 3 aliphatic heterocycles. The van der Waals surface area contributed by atoms with Gasteiger partial charge in [-0.15, -0.1) is 0 Å². The molecule has 0 saturated carbocycles.